The quantitative estimate of drug-likeness (QED) is 0.0913. The van der Waals surface area contributed by atoms with Crippen LogP contribution in [0.5, 0.6) is 5.75 Å². The summed E-state index contributed by atoms with van der Waals surface area (Å²) in [6.07, 6.45) is 19.9. The van der Waals surface area contributed by atoms with Gasteiger partial charge in [0.25, 0.3) is 0 Å². The molecule has 0 saturated carbocycles. The minimum absolute atomic E-state index is 0.0748. The van der Waals surface area contributed by atoms with Crippen LogP contribution in [0.2, 0.25) is 0 Å². The number of carbonyl (C=O) groups is 3. The lowest BCUT2D eigenvalue weighted by atomic mass is 10.0. The van der Waals surface area contributed by atoms with Crippen molar-refractivity contribution in [1.82, 2.24) is 0 Å². The van der Waals surface area contributed by atoms with Crippen LogP contribution in [-0.4, -0.2) is 28.6 Å². The Morgan fingerprint density at radius 1 is 0.632 bits per heavy atom. The number of carbonyl (C=O) groups excluding carboxylic acids is 2. The summed E-state index contributed by atoms with van der Waals surface area (Å²) in [4.78, 5) is 34.7. The molecule has 6 nitrogen and oxygen atoms in total. The standard InChI is InChI=1S/C32H52O6/c1-32(2,3)38-31(36)25-19-17-15-13-11-9-7-5-4-6-8-10-12-14-16-18-24-30(35)37-28-23-21-20-22-27(28)26-29(33)34/h20-23H,4-19,24-26H2,1-3H3,(H,33,34). The highest BCUT2D eigenvalue weighted by atomic mass is 16.6. The van der Waals surface area contributed by atoms with Gasteiger partial charge in [-0.1, -0.05) is 108 Å². The molecule has 0 radical (unpaired) electrons. The second-order valence-electron chi connectivity index (χ2n) is 11.4. The fraction of sp³-hybridized carbons (Fsp3) is 0.719. The number of carboxylic acids is 1. The van der Waals surface area contributed by atoms with E-state index >= 15 is 0 Å². The molecular formula is C32H52O6. The van der Waals surface area contributed by atoms with Gasteiger partial charge in [-0.05, 0) is 39.7 Å². The molecule has 0 aliphatic heterocycles. The molecule has 0 spiro atoms. The van der Waals surface area contributed by atoms with E-state index in [9.17, 15) is 14.4 Å². The molecule has 216 valence electrons. The van der Waals surface area contributed by atoms with Gasteiger partial charge in [0.15, 0.2) is 0 Å². The Morgan fingerprint density at radius 2 is 1.03 bits per heavy atom. The molecule has 0 heterocycles. The SMILES string of the molecule is CC(C)(C)OC(=O)CCCCCCCCCCCCCCCCCCC(=O)Oc1ccccc1CC(=O)O. The summed E-state index contributed by atoms with van der Waals surface area (Å²) in [6.45, 7) is 5.73. The molecule has 0 saturated heterocycles. The first-order valence-electron chi connectivity index (χ1n) is 14.9. The van der Waals surface area contributed by atoms with Gasteiger partial charge < -0.3 is 14.6 Å². The zero-order valence-corrected chi connectivity index (χ0v) is 24.2. The number of unbranched alkanes of at least 4 members (excludes halogenated alkanes) is 15. The first-order valence-corrected chi connectivity index (χ1v) is 14.9. The summed E-state index contributed by atoms with van der Waals surface area (Å²) in [7, 11) is 0. The fourth-order valence-electron chi connectivity index (χ4n) is 4.49. The molecule has 1 aromatic carbocycles. The van der Waals surface area contributed by atoms with Gasteiger partial charge in [0.1, 0.15) is 11.4 Å². The average Bonchev–Trinajstić information content (AvgIpc) is 2.83. The van der Waals surface area contributed by atoms with E-state index in [4.69, 9.17) is 14.6 Å². The van der Waals surface area contributed by atoms with Crippen molar-refractivity contribution in [1.29, 1.82) is 0 Å². The Kier molecular flexibility index (Phi) is 18.2. The normalized spacial score (nSPS) is 11.3. The highest BCUT2D eigenvalue weighted by Crippen LogP contribution is 2.20. The van der Waals surface area contributed by atoms with E-state index in [0.717, 1.165) is 32.1 Å². The lowest BCUT2D eigenvalue weighted by Crippen LogP contribution is -2.23. The maximum absolute atomic E-state index is 12.1. The van der Waals surface area contributed by atoms with Crippen molar-refractivity contribution in [3.63, 3.8) is 0 Å². The summed E-state index contributed by atoms with van der Waals surface area (Å²) >= 11 is 0. The second kappa shape index (κ2) is 20.6. The van der Waals surface area contributed by atoms with Crippen LogP contribution < -0.4 is 4.74 Å². The Balaban J connectivity index is 1.85. The summed E-state index contributed by atoms with van der Waals surface area (Å²) < 4.78 is 10.7. The molecule has 0 amide bonds. The predicted octanol–water partition coefficient (Wildman–Crippen LogP) is 8.58. The molecule has 6 heteroatoms. The monoisotopic (exact) mass is 532 g/mol. The molecule has 0 fully saturated rings. The van der Waals surface area contributed by atoms with Gasteiger partial charge in [0, 0.05) is 18.4 Å². The van der Waals surface area contributed by atoms with Gasteiger partial charge >= 0.3 is 17.9 Å². The van der Waals surface area contributed by atoms with E-state index in [0.29, 0.717) is 24.2 Å². The number of esters is 2. The Bertz CT molecular complexity index is 795. The van der Waals surface area contributed by atoms with Crippen molar-refractivity contribution in [2.45, 2.75) is 148 Å². The van der Waals surface area contributed by atoms with Crippen molar-refractivity contribution < 1.29 is 29.0 Å². The number of aliphatic carboxylic acids is 1. The first kappa shape index (κ1) is 33.7. The van der Waals surface area contributed by atoms with E-state index in [1.54, 1.807) is 24.3 Å². The second-order valence-corrected chi connectivity index (χ2v) is 11.4. The molecule has 0 bridgehead atoms. The molecule has 1 rings (SSSR count). The number of carboxylic acid groups (broad SMARTS) is 1. The summed E-state index contributed by atoms with van der Waals surface area (Å²) in [5.74, 6) is -0.952. The van der Waals surface area contributed by atoms with Gasteiger partial charge in [-0.25, -0.2) is 0 Å². The van der Waals surface area contributed by atoms with Crippen LogP contribution in [0.4, 0.5) is 0 Å². The molecular weight excluding hydrogens is 480 g/mol. The summed E-state index contributed by atoms with van der Waals surface area (Å²) in [6, 6.07) is 6.82. The largest absolute Gasteiger partial charge is 0.481 e. The molecule has 1 N–H and O–H groups in total. The zero-order valence-electron chi connectivity index (χ0n) is 24.2. The number of para-hydroxylation sites is 1. The van der Waals surface area contributed by atoms with E-state index in [2.05, 4.69) is 0 Å². The molecule has 0 aliphatic carbocycles. The van der Waals surface area contributed by atoms with Crippen molar-refractivity contribution in [2.24, 2.45) is 0 Å². The number of rotatable bonds is 22. The maximum Gasteiger partial charge on any atom is 0.311 e. The average molecular weight is 533 g/mol. The van der Waals surface area contributed by atoms with Gasteiger partial charge in [0.05, 0.1) is 6.42 Å². The van der Waals surface area contributed by atoms with E-state index in [1.165, 1.54) is 70.6 Å². The van der Waals surface area contributed by atoms with E-state index < -0.39 is 5.97 Å². The maximum atomic E-state index is 12.1. The number of ether oxygens (including phenoxy) is 2. The van der Waals surface area contributed by atoms with Crippen molar-refractivity contribution in [2.75, 3.05) is 0 Å². The molecule has 0 aliphatic rings. The Morgan fingerprint density at radius 3 is 1.45 bits per heavy atom. The molecule has 0 atom stereocenters. The molecule has 0 unspecified atom stereocenters. The number of hydrogen-bond donors (Lipinski definition) is 1. The van der Waals surface area contributed by atoms with Crippen LogP contribution in [0.15, 0.2) is 24.3 Å². The topological polar surface area (TPSA) is 89.9 Å². The van der Waals surface area contributed by atoms with E-state index in [1.807, 2.05) is 20.8 Å². The van der Waals surface area contributed by atoms with E-state index in [-0.39, 0.29) is 24.0 Å². The molecule has 1 aromatic rings. The minimum Gasteiger partial charge on any atom is -0.481 e. The van der Waals surface area contributed by atoms with Crippen LogP contribution in [0.1, 0.15) is 142 Å². The lowest BCUT2D eigenvalue weighted by Gasteiger charge is -2.19. The van der Waals surface area contributed by atoms with Crippen LogP contribution in [-0.2, 0) is 25.5 Å². The van der Waals surface area contributed by atoms with Gasteiger partial charge in [-0.2, -0.15) is 0 Å². The third kappa shape index (κ3) is 19.7. The third-order valence-electron chi connectivity index (χ3n) is 6.47. The van der Waals surface area contributed by atoms with Crippen LogP contribution in [0.25, 0.3) is 0 Å². The smallest absolute Gasteiger partial charge is 0.311 e. The van der Waals surface area contributed by atoms with Gasteiger partial charge in [-0.3, -0.25) is 14.4 Å². The highest BCUT2D eigenvalue weighted by molar-refractivity contribution is 5.75. The predicted molar refractivity (Wildman–Crippen MR) is 152 cm³/mol. The summed E-state index contributed by atoms with van der Waals surface area (Å²) in [5.41, 5.74) is 0.149. The van der Waals surface area contributed by atoms with Crippen LogP contribution in [0, 0.1) is 0 Å². The lowest BCUT2D eigenvalue weighted by molar-refractivity contribution is -0.155. The minimum atomic E-state index is -0.940. The van der Waals surface area contributed by atoms with Crippen LogP contribution >= 0.6 is 0 Å². The number of hydrogen-bond acceptors (Lipinski definition) is 5. The molecule has 0 aromatic heterocycles. The van der Waals surface area contributed by atoms with Gasteiger partial charge in [-0.15, -0.1) is 0 Å². The van der Waals surface area contributed by atoms with Crippen molar-refractivity contribution in [3.05, 3.63) is 29.8 Å². The number of benzene rings is 1. The highest BCUT2D eigenvalue weighted by Gasteiger charge is 2.15. The Hall–Kier alpha value is -2.37. The van der Waals surface area contributed by atoms with Crippen molar-refractivity contribution in [3.8, 4) is 5.75 Å². The van der Waals surface area contributed by atoms with Crippen molar-refractivity contribution >= 4 is 17.9 Å². The third-order valence-corrected chi connectivity index (χ3v) is 6.47. The Labute approximate surface area is 230 Å². The molecule has 38 heavy (non-hydrogen) atoms. The van der Waals surface area contributed by atoms with Gasteiger partial charge in [0.2, 0.25) is 0 Å². The summed E-state index contributed by atoms with van der Waals surface area (Å²) in [5, 5.41) is 8.97. The van der Waals surface area contributed by atoms with Crippen LogP contribution in [0.3, 0.4) is 0 Å². The first-order chi connectivity index (χ1) is 18.2. The fourth-order valence-corrected chi connectivity index (χ4v) is 4.49. The zero-order chi connectivity index (χ0) is 28.1.